The molecule has 3 aromatic heterocycles. The maximum absolute atomic E-state index is 15.3. The van der Waals surface area contributed by atoms with Crippen molar-refractivity contribution in [3.05, 3.63) is 84.8 Å². The summed E-state index contributed by atoms with van der Waals surface area (Å²) in [6, 6.07) is 12.4. The van der Waals surface area contributed by atoms with Crippen molar-refractivity contribution < 1.29 is 13.9 Å². The van der Waals surface area contributed by atoms with E-state index < -0.39 is 5.82 Å². The summed E-state index contributed by atoms with van der Waals surface area (Å²) in [6.45, 7) is 6.65. The average molecular weight is 524 g/mol. The number of hydrogen-bond acceptors (Lipinski definition) is 7. The summed E-state index contributed by atoms with van der Waals surface area (Å²) in [5.74, 6) is 0.884. The summed E-state index contributed by atoms with van der Waals surface area (Å²) in [4.78, 5) is 31.6. The van der Waals surface area contributed by atoms with Crippen molar-refractivity contribution in [2.45, 2.75) is 19.3 Å². The van der Waals surface area contributed by atoms with Crippen LogP contribution in [0, 0.1) is 12.7 Å². The fraction of sp³-hybridized carbons (Fsp3) is 0.207. The summed E-state index contributed by atoms with van der Waals surface area (Å²) >= 11 is 0. The molecule has 0 radical (unpaired) electrons. The number of benzene rings is 2. The SMILES string of the molecule is C=CC(=O)N1CC[C@@H](c2ccc3ncnc(Nc4cc(C)c(Oc5ccc6c(c5)ncn6C)cc4F)c3n2)C1. The molecule has 4 heterocycles. The quantitative estimate of drug-likeness (QED) is 0.298. The summed E-state index contributed by atoms with van der Waals surface area (Å²) in [5.41, 5.74) is 4.77. The van der Waals surface area contributed by atoms with Crippen LogP contribution in [0.5, 0.6) is 11.5 Å². The molecule has 1 saturated heterocycles. The van der Waals surface area contributed by atoms with Crippen molar-refractivity contribution in [2.24, 2.45) is 7.05 Å². The number of carbonyl (C=O) groups is 1. The zero-order chi connectivity index (χ0) is 27.1. The van der Waals surface area contributed by atoms with E-state index in [1.165, 1.54) is 18.5 Å². The van der Waals surface area contributed by atoms with Gasteiger partial charge in [0.05, 0.1) is 28.6 Å². The number of imidazole rings is 1. The van der Waals surface area contributed by atoms with E-state index >= 15 is 4.39 Å². The molecule has 9 nitrogen and oxygen atoms in total. The number of rotatable bonds is 6. The second kappa shape index (κ2) is 9.79. The highest BCUT2D eigenvalue weighted by atomic mass is 19.1. The molecule has 1 amide bonds. The topological polar surface area (TPSA) is 98.1 Å². The molecule has 0 bridgehead atoms. The molecule has 1 atom stereocenters. The van der Waals surface area contributed by atoms with Crippen LogP contribution < -0.4 is 10.1 Å². The number of likely N-dealkylation sites (tertiary alicyclic amines) is 1. The van der Waals surface area contributed by atoms with Crippen molar-refractivity contribution in [3.63, 3.8) is 0 Å². The van der Waals surface area contributed by atoms with E-state index in [1.807, 2.05) is 48.9 Å². The van der Waals surface area contributed by atoms with Gasteiger partial charge in [-0.05, 0) is 55.3 Å². The number of nitrogens with zero attached hydrogens (tertiary/aromatic N) is 6. The molecule has 196 valence electrons. The summed E-state index contributed by atoms with van der Waals surface area (Å²) in [6.07, 6.45) is 5.29. The van der Waals surface area contributed by atoms with Gasteiger partial charge < -0.3 is 19.5 Å². The number of aryl methyl sites for hydroxylation is 2. The van der Waals surface area contributed by atoms with Gasteiger partial charge >= 0.3 is 0 Å². The van der Waals surface area contributed by atoms with E-state index in [-0.39, 0.29) is 17.5 Å². The van der Waals surface area contributed by atoms with Crippen molar-refractivity contribution >= 4 is 39.5 Å². The molecule has 1 fully saturated rings. The van der Waals surface area contributed by atoms with Crippen LogP contribution in [0.4, 0.5) is 15.9 Å². The highest BCUT2D eigenvalue weighted by Gasteiger charge is 2.27. The lowest BCUT2D eigenvalue weighted by Gasteiger charge is -2.15. The van der Waals surface area contributed by atoms with Gasteiger partial charge in [0.25, 0.3) is 0 Å². The van der Waals surface area contributed by atoms with Crippen molar-refractivity contribution in [2.75, 3.05) is 18.4 Å². The molecular weight excluding hydrogens is 497 g/mol. The number of aromatic nitrogens is 5. The van der Waals surface area contributed by atoms with Gasteiger partial charge in [0.15, 0.2) is 5.82 Å². The van der Waals surface area contributed by atoms with Gasteiger partial charge in [-0.3, -0.25) is 4.79 Å². The smallest absolute Gasteiger partial charge is 0.245 e. The lowest BCUT2D eigenvalue weighted by atomic mass is 10.0. The first-order valence-corrected chi connectivity index (χ1v) is 12.6. The van der Waals surface area contributed by atoms with Crippen LogP contribution in [0.2, 0.25) is 0 Å². The summed E-state index contributed by atoms with van der Waals surface area (Å²) in [5, 5.41) is 3.09. The third-order valence-corrected chi connectivity index (χ3v) is 7.04. The number of anilines is 2. The minimum absolute atomic E-state index is 0.0838. The molecule has 1 aliphatic heterocycles. The van der Waals surface area contributed by atoms with Crippen LogP contribution in [-0.2, 0) is 11.8 Å². The van der Waals surface area contributed by atoms with Crippen molar-refractivity contribution in [3.8, 4) is 11.5 Å². The Bertz CT molecular complexity index is 1750. The first-order chi connectivity index (χ1) is 18.9. The second-order valence-electron chi connectivity index (χ2n) is 9.63. The van der Waals surface area contributed by atoms with Crippen LogP contribution in [0.3, 0.4) is 0 Å². The summed E-state index contributed by atoms with van der Waals surface area (Å²) in [7, 11) is 1.92. The number of fused-ring (bicyclic) bond motifs is 2. The number of hydrogen-bond donors (Lipinski definition) is 1. The molecule has 39 heavy (non-hydrogen) atoms. The van der Waals surface area contributed by atoms with Gasteiger partial charge in [-0.25, -0.2) is 24.3 Å². The number of ether oxygens (including phenoxy) is 1. The standard InChI is InChI=1S/C29H26FN7O2/c1-4-27(38)37-10-9-18(14-37)21-6-7-22-28(34-21)29(32-15-31-22)35-23-11-17(2)26(13-20(23)30)39-19-5-8-25-24(12-19)33-16-36(25)3/h4-8,11-13,15-16,18H,1,9-10,14H2,2-3H3,(H,31,32,35)/t18-/m1/s1. The average Bonchev–Trinajstić information content (AvgIpc) is 3.58. The number of halogens is 1. The third kappa shape index (κ3) is 4.65. The Kier molecular flexibility index (Phi) is 6.14. The molecule has 1 N–H and O–H groups in total. The Balaban J connectivity index is 1.26. The Morgan fingerprint density at radius 3 is 2.87 bits per heavy atom. The van der Waals surface area contributed by atoms with Crippen LogP contribution in [0.15, 0.2) is 67.8 Å². The van der Waals surface area contributed by atoms with E-state index in [0.717, 1.165) is 28.7 Å². The highest BCUT2D eigenvalue weighted by molar-refractivity contribution is 5.88. The molecule has 0 unspecified atom stereocenters. The van der Waals surface area contributed by atoms with Crippen LogP contribution in [0.1, 0.15) is 23.6 Å². The van der Waals surface area contributed by atoms with Crippen LogP contribution >= 0.6 is 0 Å². The van der Waals surface area contributed by atoms with E-state index in [2.05, 4.69) is 26.8 Å². The largest absolute Gasteiger partial charge is 0.457 e. The van der Waals surface area contributed by atoms with Gasteiger partial charge in [0, 0.05) is 43.9 Å². The monoisotopic (exact) mass is 523 g/mol. The van der Waals surface area contributed by atoms with Crippen molar-refractivity contribution in [1.29, 1.82) is 0 Å². The second-order valence-corrected chi connectivity index (χ2v) is 9.63. The van der Waals surface area contributed by atoms with Gasteiger partial charge in [-0.1, -0.05) is 6.58 Å². The number of pyridine rings is 1. The molecule has 10 heteroatoms. The summed E-state index contributed by atoms with van der Waals surface area (Å²) < 4.78 is 23.2. The van der Waals surface area contributed by atoms with Crippen molar-refractivity contribution in [1.82, 2.24) is 29.4 Å². The zero-order valence-corrected chi connectivity index (χ0v) is 21.6. The van der Waals surface area contributed by atoms with E-state index in [1.54, 1.807) is 17.3 Å². The maximum Gasteiger partial charge on any atom is 0.245 e. The number of amides is 1. The van der Waals surface area contributed by atoms with Gasteiger partial charge in [0.2, 0.25) is 5.91 Å². The van der Waals surface area contributed by atoms with Gasteiger partial charge in [-0.2, -0.15) is 0 Å². The van der Waals surface area contributed by atoms with Gasteiger partial charge in [0.1, 0.15) is 29.2 Å². The lowest BCUT2D eigenvalue weighted by Crippen LogP contribution is -2.26. The van der Waals surface area contributed by atoms with Crippen LogP contribution in [0.25, 0.3) is 22.1 Å². The predicted molar refractivity (Wildman–Crippen MR) is 147 cm³/mol. The first-order valence-electron chi connectivity index (χ1n) is 12.6. The fourth-order valence-electron chi connectivity index (χ4n) is 4.91. The Hall–Kier alpha value is -4.86. The van der Waals surface area contributed by atoms with Crippen LogP contribution in [-0.4, -0.2) is 48.4 Å². The van der Waals surface area contributed by atoms with E-state index in [0.29, 0.717) is 41.4 Å². The Morgan fingerprint density at radius 2 is 2.03 bits per heavy atom. The fourth-order valence-corrected chi connectivity index (χ4v) is 4.91. The lowest BCUT2D eigenvalue weighted by molar-refractivity contribution is -0.125. The normalized spacial score (nSPS) is 15.2. The molecule has 0 aliphatic carbocycles. The van der Waals surface area contributed by atoms with E-state index in [4.69, 9.17) is 9.72 Å². The highest BCUT2D eigenvalue weighted by Crippen LogP contribution is 2.34. The van der Waals surface area contributed by atoms with Gasteiger partial charge in [-0.15, -0.1) is 0 Å². The number of nitrogens with one attached hydrogen (secondary N) is 1. The molecule has 2 aromatic carbocycles. The Labute approximate surface area is 224 Å². The number of carbonyl (C=O) groups excluding carboxylic acids is 1. The maximum atomic E-state index is 15.3. The molecule has 5 aromatic rings. The molecule has 1 aliphatic rings. The van der Waals surface area contributed by atoms with E-state index in [9.17, 15) is 4.79 Å². The molecule has 6 rings (SSSR count). The molecule has 0 saturated carbocycles. The zero-order valence-electron chi connectivity index (χ0n) is 21.6. The minimum atomic E-state index is -0.494. The third-order valence-electron chi connectivity index (χ3n) is 7.04. The minimum Gasteiger partial charge on any atom is -0.457 e. The molecule has 0 spiro atoms. The molecular formula is C29H26FN7O2. The first kappa shape index (κ1) is 24.5. The predicted octanol–water partition coefficient (Wildman–Crippen LogP) is 5.40. The Morgan fingerprint density at radius 1 is 1.15 bits per heavy atom.